The number of rotatable bonds is 0. The minimum absolute atomic E-state index is 0.272. The van der Waals surface area contributed by atoms with Crippen LogP contribution in [0.1, 0.15) is 6.92 Å². The van der Waals surface area contributed by atoms with Gasteiger partial charge in [-0.05, 0) is 0 Å². The van der Waals surface area contributed by atoms with E-state index in [0.717, 1.165) is 5.01 Å². The molecule has 0 spiro atoms. The molecule has 0 aromatic rings. The maximum absolute atomic E-state index is 10.6. The third kappa shape index (κ3) is 2.91. The van der Waals surface area contributed by atoms with Crippen molar-refractivity contribution in [1.29, 1.82) is 0 Å². The Morgan fingerprint density at radius 3 is 2.20 bits per heavy atom. The van der Waals surface area contributed by atoms with Gasteiger partial charge in [-0.3, -0.25) is 10.2 Å². The van der Waals surface area contributed by atoms with Gasteiger partial charge in [0.15, 0.2) is 0 Å². The monoisotopic (exact) mass is 145 g/mol. The largest absolute Gasteiger partial charge is 0.340 e. The number of carbonyl (C=O) groups is 2. The van der Waals surface area contributed by atoms with Crippen LogP contribution >= 0.6 is 0 Å². The van der Waals surface area contributed by atoms with E-state index in [2.05, 4.69) is 10.7 Å². The van der Waals surface area contributed by atoms with Crippen LogP contribution < -0.4 is 10.7 Å². The summed E-state index contributed by atoms with van der Waals surface area (Å²) in [6.45, 7) is 1.33. The Balaban J connectivity index is 3.72. The van der Waals surface area contributed by atoms with Gasteiger partial charge in [-0.1, -0.05) is 0 Å². The molecule has 0 aromatic carbocycles. The fourth-order valence-corrected chi connectivity index (χ4v) is 0.455. The van der Waals surface area contributed by atoms with E-state index in [1.807, 2.05) is 0 Å². The molecule has 0 heterocycles. The van der Waals surface area contributed by atoms with E-state index in [1.54, 1.807) is 0 Å². The summed E-state index contributed by atoms with van der Waals surface area (Å²) in [4.78, 5) is 21.0. The minimum Gasteiger partial charge on any atom is -0.340 e. The molecule has 58 valence electrons. The SMILES string of the molecule is CNC(=O)N(C)NC(C)=O. The topological polar surface area (TPSA) is 61.4 Å². The molecule has 0 aromatic heterocycles. The first-order valence-corrected chi connectivity index (χ1v) is 2.80. The van der Waals surface area contributed by atoms with Crippen molar-refractivity contribution in [2.75, 3.05) is 14.1 Å². The van der Waals surface area contributed by atoms with E-state index in [9.17, 15) is 9.59 Å². The molecule has 0 aliphatic heterocycles. The summed E-state index contributed by atoms with van der Waals surface area (Å²) < 4.78 is 0. The van der Waals surface area contributed by atoms with Gasteiger partial charge in [-0.25, -0.2) is 9.80 Å². The van der Waals surface area contributed by atoms with Crippen molar-refractivity contribution in [3.63, 3.8) is 0 Å². The van der Waals surface area contributed by atoms with E-state index < -0.39 is 0 Å². The van der Waals surface area contributed by atoms with Gasteiger partial charge in [-0.2, -0.15) is 0 Å². The Bertz CT molecular complexity index is 146. The van der Waals surface area contributed by atoms with Gasteiger partial charge in [0.1, 0.15) is 0 Å². The van der Waals surface area contributed by atoms with Crippen LogP contribution in [0, 0.1) is 0 Å². The number of hydrogen-bond acceptors (Lipinski definition) is 2. The average Bonchev–Trinajstić information content (AvgIpc) is 1.85. The van der Waals surface area contributed by atoms with Gasteiger partial charge in [-0.15, -0.1) is 0 Å². The smallest absolute Gasteiger partial charge is 0.335 e. The highest BCUT2D eigenvalue weighted by Crippen LogP contribution is 1.75. The van der Waals surface area contributed by atoms with E-state index in [1.165, 1.54) is 21.0 Å². The highest BCUT2D eigenvalue weighted by Gasteiger charge is 2.04. The van der Waals surface area contributed by atoms with Crippen LogP contribution in [0.5, 0.6) is 0 Å². The molecule has 0 radical (unpaired) electrons. The zero-order chi connectivity index (χ0) is 8.15. The second-order valence-electron chi connectivity index (χ2n) is 1.78. The van der Waals surface area contributed by atoms with Gasteiger partial charge in [0.05, 0.1) is 0 Å². The normalized spacial score (nSPS) is 8.30. The summed E-state index contributed by atoms with van der Waals surface area (Å²) in [6.07, 6.45) is 0. The lowest BCUT2D eigenvalue weighted by molar-refractivity contribution is -0.122. The Morgan fingerprint density at radius 2 is 1.90 bits per heavy atom. The zero-order valence-electron chi connectivity index (χ0n) is 6.26. The van der Waals surface area contributed by atoms with Crippen molar-refractivity contribution in [3.8, 4) is 0 Å². The molecule has 0 bridgehead atoms. The van der Waals surface area contributed by atoms with Crippen LogP contribution in [0.25, 0.3) is 0 Å². The molecule has 0 atom stereocenters. The third-order valence-electron chi connectivity index (χ3n) is 0.844. The number of hydrazine groups is 1. The van der Waals surface area contributed by atoms with E-state index >= 15 is 0 Å². The third-order valence-corrected chi connectivity index (χ3v) is 0.844. The molecule has 2 N–H and O–H groups in total. The summed E-state index contributed by atoms with van der Waals surface area (Å²) in [5.74, 6) is -0.272. The molecule has 0 saturated heterocycles. The molecule has 10 heavy (non-hydrogen) atoms. The molecule has 0 aliphatic rings. The van der Waals surface area contributed by atoms with Crippen LogP contribution in [0.2, 0.25) is 0 Å². The Morgan fingerprint density at radius 1 is 1.40 bits per heavy atom. The average molecular weight is 145 g/mol. The number of nitrogens with zero attached hydrogens (tertiary/aromatic N) is 1. The summed E-state index contributed by atoms with van der Waals surface area (Å²) >= 11 is 0. The lowest BCUT2D eigenvalue weighted by atomic mass is 10.7. The van der Waals surface area contributed by atoms with Gasteiger partial charge < -0.3 is 5.32 Å². The maximum Gasteiger partial charge on any atom is 0.335 e. The predicted octanol–water partition coefficient (Wildman–Crippen LogP) is -0.691. The van der Waals surface area contributed by atoms with Crippen LogP contribution in [-0.4, -0.2) is 31.0 Å². The first kappa shape index (κ1) is 8.74. The fourth-order valence-electron chi connectivity index (χ4n) is 0.455. The van der Waals surface area contributed by atoms with Gasteiger partial charge in [0.2, 0.25) is 5.91 Å². The Kier molecular flexibility index (Phi) is 3.24. The van der Waals surface area contributed by atoms with Crippen LogP contribution in [-0.2, 0) is 4.79 Å². The predicted molar refractivity (Wildman–Crippen MR) is 36.0 cm³/mol. The lowest BCUT2D eigenvalue weighted by Crippen LogP contribution is -2.46. The number of urea groups is 1. The Hall–Kier alpha value is -1.26. The lowest BCUT2D eigenvalue weighted by Gasteiger charge is -2.15. The van der Waals surface area contributed by atoms with Gasteiger partial charge >= 0.3 is 6.03 Å². The first-order valence-electron chi connectivity index (χ1n) is 2.80. The summed E-state index contributed by atoms with van der Waals surface area (Å²) in [6, 6.07) is -0.352. The van der Waals surface area contributed by atoms with Gasteiger partial charge in [0, 0.05) is 21.0 Å². The van der Waals surface area contributed by atoms with E-state index in [0.29, 0.717) is 0 Å². The molecular formula is C5H11N3O2. The standard InChI is InChI=1S/C5H11N3O2/c1-4(9)7-8(3)5(10)6-2/h1-3H3,(H,6,10)(H,7,9). The van der Waals surface area contributed by atoms with Crippen molar-refractivity contribution in [2.45, 2.75) is 6.92 Å². The van der Waals surface area contributed by atoms with Crippen molar-refractivity contribution < 1.29 is 9.59 Å². The molecule has 0 saturated carbocycles. The molecule has 0 aliphatic carbocycles. The number of carbonyl (C=O) groups excluding carboxylic acids is 2. The Labute approximate surface area is 59.4 Å². The van der Waals surface area contributed by atoms with Crippen LogP contribution in [0.4, 0.5) is 4.79 Å². The molecule has 0 unspecified atom stereocenters. The molecule has 3 amide bonds. The number of amides is 3. The minimum atomic E-state index is -0.352. The molecule has 5 nitrogen and oxygen atoms in total. The molecule has 0 rings (SSSR count). The van der Waals surface area contributed by atoms with Crippen molar-refractivity contribution in [3.05, 3.63) is 0 Å². The van der Waals surface area contributed by atoms with Crippen molar-refractivity contribution in [1.82, 2.24) is 15.8 Å². The number of hydrogen-bond donors (Lipinski definition) is 2. The van der Waals surface area contributed by atoms with Crippen molar-refractivity contribution >= 4 is 11.9 Å². The number of nitrogens with one attached hydrogen (secondary N) is 2. The van der Waals surface area contributed by atoms with Crippen LogP contribution in [0.3, 0.4) is 0 Å². The maximum atomic E-state index is 10.6. The zero-order valence-corrected chi connectivity index (χ0v) is 6.26. The van der Waals surface area contributed by atoms with Crippen molar-refractivity contribution in [2.24, 2.45) is 0 Å². The summed E-state index contributed by atoms with van der Waals surface area (Å²) in [5.41, 5.74) is 2.28. The first-order chi connectivity index (χ1) is 4.57. The highest BCUT2D eigenvalue weighted by molar-refractivity contribution is 5.79. The van der Waals surface area contributed by atoms with Gasteiger partial charge in [0.25, 0.3) is 0 Å². The highest BCUT2D eigenvalue weighted by atomic mass is 16.2. The fraction of sp³-hybridized carbons (Fsp3) is 0.600. The summed E-state index contributed by atoms with van der Waals surface area (Å²) in [7, 11) is 2.95. The molecule has 0 fully saturated rings. The summed E-state index contributed by atoms with van der Waals surface area (Å²) in [5, 5.41) is 3.41. The van der Waals surface area contributed by atoms with Crippen LogP contribution in [0.15, 0.2) is 0 Å². The second-order valence-corrected chi connectivity index (χ2v) is 1.78. The molecular weight excluding hydrogens is 134 g/mol. The second kappa shape index (κ2) is 3.71. The van der Waals surface area contributed by atoms with E-state index in [-0.39, 0.29) is 11.9 Å². The van der Waals surface area contributed by atoms with E-state index in [4.69, 9.17) is 0 Å². The molecule has 5 heteroatoms. The quantitative estimate of drug-likeness (QED) is 0.443.